The molecule has 26 heavy (non-hydrogen) atoms. The lowest BCUT2D eigenvalue weighted by atomic mass is 9.89. The maximum Gasteiger partial charge on any atom is 0.133 e. The Hall–Kier alpha value is -2.29. The second-order valence-corrected chi connectivity index (χ2v) is 6.70. The van der Waals surface area contributed by atoms with E-state index < -0.39 is 0 Å². The minimum absolute atomic E-state index is 0.0141. The first kappa shape index (κ1) is 20.0. The lowest BCUT2D eigenvalue weighted by molar-refractivity contribution is -0.120. The fourth-order valence-corrected chi connectivity index (χ4v) is 2.81. The van der Waals surface area contributed by atoms with Crippen LogP contribution in [-0.4, -0.2) is 19.0 Å². The number of hydrogen-bond acceptors (Lipinski definition) is 3. The lowest BCUT2D eigenvalue weighted by Gasteiger charge is -2.15. The standard InChI is InChI=1S/C23H30O3/c1-4-14-25-22-10-6-19(7-11-22)16-21(18(3)24)17-20-8-12-23(13-9-20)26-15-5-2/h6-13,21H,4-5,14-17H2,1-3H3. The number of ketones is 1. The van der Waals surface area contributed by atoms with Crippen molar-refractivity contribution in [3.05, 3.63) is 59.7 Å². The summed E-state index contributed by atoms with van der Waals surface area (Å²) in [5.41, 5.74) is 2.33. The lowest BCUT2D eigenvalue weighted by Crippen LogP contribution is -2.17. The number of carbonyl (C=O) groups excluding carboxylic acids is 1. The average Bonchev–Trinajstić information content (AvgIpc) is 2.66. The van der Waals surface area contributed by atoms with Gasteiger partial charge in [-0.15, -0.1) is 0 Å². The topological polar surface area (TPSA) is 35.5 Å². The van der Waals surface area contributed by atoms with Gasteiger partial charge in [-0.2, -0.15) is 0 Å². The fourth-order valence-electron chi connectivity index (χ4n) is 2.81. The molecule has 0 bridgehead atoms. The van der Waals surface area contributed by atoms with Crippen LogP contribution >= 0.6 is 0 Å². The first-order chi connectivity index (χ1) is 12.6. The zero-order chi connectivity index (χ0) is 18.8. The van der Waals surface area contributed by atoms with Gasteiger partial charge in [0.2, 0.25) is 0 Å². The van der Waals surface area contributed by atoms with Gasteiger partial charge in [0.1, 0.15) is 17.3 Å². The average molecular weight is 354 g/mol. The molecule has 3 nitrogen and oxygen atoms in total. The normalized spacial score (nSPS) is 10.8. The molecule has 0 fully saturated rings. The van der Waals surface area contributed by atoms with E-state index in [9.17, 15) is 4.79 Å². The van der Waals surface area contributed by atoms with Crippen molar-refractivity contribution in [1.29, 1.82) is 0 Å². The molecule has 0 spiro atoms. The van der Waals surface area contributed by atoms with Crippen LogP contribution in [-0.2, 0) is 17.6 Å². The maximum atomic E-state index is 12.1. The molecule has 0 unspecified atom stereocenters. The highest BCUT2D eigenvalue weighted by atomic mass is 16.5. The van der Waals surface area contributed by atoms with Crippen LogP contribution in [0, 0.1) is 5.92 Å². The Morgan fingerprint density at radius 2 is 1.15 bits per heavy atom. The van der Waals surface area contributed by atoms with E-state index in [1.807, 2.05) is 24.3 Å². The molecule has 140 valence electrons. The summed E-state index contributed by atoms with van der Waals surface area (Å²) in [5.74, 6) is 1.98. The molecular weight excluding hydrogens is 324 g/mol. The summed E-state index contributed by atoms with van der Waals surface area (Å²) in [7, 11) is 0. The number of rotatable bonds is 11. The van der Waals surface area contributed by atoms with Crippen molar-refractivity contribution >= 4 is 5.78 Å². The second-order valence-electron chi connectivity index (χ2n) is 6.70. The minimum atomic E-state index is -0.0141. The van der Waals surface area contributed by atoms with Crippen molar-refractivity contribution in [3.8, 4) is 11.5 Å². The molecule has 0 saturated heterocycles. The third kappa shape index (κ3) is 6.55. The van der Waals surface area contributed by atoms with Gasteiger partial charge in [0, 0.05) is 5.92 Å². The molecule has 2 aromatic rings. The SMILES string of the molecule is CCCOc1ccc(CC(Cc2ccc(OCCC)cc2)C(C)=O)cc1. The molecule has 0 aliphatic carbocycles. The molecule has 0 atom stereocenters. The van der Waals surface area contributed by atoms with E-state index in [-0.39, 0.29) is 11.7 Å². The summed E-state index contributed by atoms with van der Waals surface area (Å²) in [5, 5.41) is 0. The Balaban J connectivity index is 1.97. The van der Waals surface area contributed by atoms with E-state index >= 15 is 0 Å². The highest BCUT2D eigenvalue weighted by Gasteiger charge is 2.16. The summed E-state index contributed by atoms with van der Waals surface area (Å²) in [6.45, 7) is 7.32. The van der Waals surface area contributed by atoms with Crippen LogP contribution in [0.5, 0.6) is 11.5 Å². The number of hydrogen-bond donors (Lipinski definition) is 0. The van der Waals surface area contributed by atoms with Crippen LogP contribution < -0.4 is 9.47 Å². The van der Waals surface area contributed by atoms with Gasteiger partial charge < -0.3 is 9.47 Å². The second kappa shape index (κ2) is 10.6. The highest BCUT2D eigenvalue weighted by molar-refractivity contribution is 5.79. The monoisotopic (exact) mass is 354 g/mol. The van der Waals surface area contributed by atoms with Crippen molar-refractivity contribution < 1.29 is 14.3 Å². The van der Waals surface area contributed by atoms with Gasteiger partial charge in [0.15, 0.2) is 0 Å². The number of Topliss-reactive ketones (excluding diaryl/α,β-unsaturated/α-hetero) is 1. The van der Waals surface area contributed by atoms with Gasteiger partial charge in [-0.3, -0.25) is 4.79 Å². The molecule has 0 N–H and O–H groups in total. The van der Waals surface area contributed by atoms with Crippen LogP contribution in [0.3, 0.4) is 0 Å². The van der Waals surface area contributed by atoms with Gasteiger partial charge in [0.25, 0.3) is 0 Å². The Kier molecular flexibility index (Phi) is 8.20. The van der Waals surface area contributed by atoms with Crippen molar-refractivity contribution in [2.24, 2.45) is 5.92 Å². The molecule has 0 radical (unpaired) electrons. The predicted octanol–water partition coefficient (Wildman–Crippen LogP) is 5.25. The van der Waals surface area contributed by atoms with E-state index in [2.05, 4.69) is 38.1 Å². The molecule has 2 aromatic carbocycles. The number of benzene rings is 2. The van der Waals surface area contributed by atoms with E-state index in [0.717, 1.165) is 61.5 Å². The quantitative estimate of drug-likeness (QED) is 0.552. The summed E-state index contributed by atoms with van der Waals surface area (Å²) < 4.78 is 11.2. The Labute approximate surface area is 157 Å². The minimum Gasteiger partial charge on any atom is -0.494 e. The number of ether oxygens (including phenoxy) is 2. The molecule has 0 aliphatic rings. The summed E-state index contributed by atoms with van der Waals surface area (Å²) in [4.78, 5) is 12.1. The fraction of sp³-hybridized carbons (Fsp3) is 0.435. The predicted molar refractivity (Wildman–Crippen MR) is 106 cm³/mol. The smallest absolute Gasteiger partial charge is 0.133 e. The van der Waals surface area contributed by atoms with E-state index in [4.69, 9.17) is 9.47 Å². The van der Waals surface area contributed by atoms with Crippen molar-refractivity contribution in [2.75, 3.05) is 13.2 Å². The zero-order valence-corrected chi connectivity index (χ0v) is 16.2. The molecule has 3 heteroatoms. The molecule has 0 amide bonds. The van der Waals surface area contributed by atoms with Gasteiger partial charge in [-0.1, -0.05) is 38.1 Å². The van der Waals surface area contributed by atoms with Crippen LogP contribution in [0.1, 0.15) is 44.7 Å². The Bertz CT molecular complexity index is 605. The summed E-state index contributed by atoms with van der Waals surface area (Å²) in [6, 6.07) is 16.2. The Morgan fingerprint density at radius 1 is 0.769 bits per heavy atom. The third-order valence-electron chi connectivity index (χ3n) is 4.33. The van der Waals surface area contributed by atoms with E-state index in [1.165, 1.54) is 0 Å². The van der Waals surface area contributed by atoms with Crippen LogP contribution in [0.2, 0.25) is 0 Å². The molecule has 0 saturated carbocycles. The molecule has 0 aromatic heterocycles. The first-order valence-electron chi connectivity index (χ1n) is 9.56. The third-order valence-corrected chi connectivity index (χ3v) is 4.33. The van der Waals surface area contributed by atoms with Crippen LogP contribution in [0.15, 0.2) is 48.5 Å². The van der Waals surface area contributed by atoms with E-state index in [0.29, 0.717) is 0 Å². The van der Waals surface area contributed by atoms with Crippen molar-refractivity contribution in [1.82, 2.24) is 0 Å². The van der Waals surface area contributed by atoms with Gasteiger partial charge in [-0.05, 0) is 68.0 Å². The summed E-state index contributed by atoms with van der Waals surface area (Å²) >= 11 is 0. The van der Waals surface area contributed by atoms with Gasteiger partial charge in [0.05, 0.1) is 13.2 Å². The van der Waals surface area contributed by atoms with Gasteiger partial charge in [-0.25, -0.2) is 0 Å². The largest absolute Gasteiger partial charge is 0.494 e. The first-order valence-corrected chi connectivity index (χ1v) is 9.56. The highest BCUT2D eigenvalue weighted by Crippen LogP contribution is 2.20. The molecule has 2 rings (SSSR count). The van der Waals surface area contributed by atoms with Crippen molar-refractivity contribution in [3.63, 3.8) is 0 Å². The molecule has 0 heterocycles. The maximum absolute atomic E-state index is 12.1. The van der Waals surface area contributed by atoms with Crippen LogP contribution in [0.25, 0.3) is 0 Å². The van der Waals surface area contributed by atoms with E-state index in [1.54, 1.807) is 6.92 Å². The van der Waals surface area contributed by atoms with Gasteiger partial charge >= 0.3 is 0 Å². The van der Waals surface area contributed by atoms with Crippen LogP contribution in [0.4, 0.5) is 0 Å². The molecular formula is C23H30O3. The van der Waals surface area contributed by atoms with Crippen molar-refractivity contribution in [2.45, 2.75) is 46.5 Å². The Morgan fingerprint density at radius 3 is 1.46 bits per heavy atom. The summed E-state index contributed by atoms with van der Waals surface area (Å²) in [6.07, 6.45) is 3.49. The molecule has 0 aliphatic heterocycles. The zero-order valence-electron chi connectivity index (χ0n) is 16.2. The number of carbonyl (C=O) groups is 1.